The van der Waals surface area contributed by atoms with Gasteiger partial charge in [-0.05, 0) is 140 Å². The number of carboxylic acids is 1. The average Bonchev–Trinajstić information content (AvgIpc) is 3.42. The van der Waals surface area contributed by atoms with Gasteiger partial charge in [0.1, 0.15) is 11.5 Å². The summed E-state index contributed by atoms with van der Waals surface area (Å²) >= 11 is 6.40. The predicted molar refractivity (Wildman–Crippen MR) is 218 cm³/mol. The van der Waals surface area contributed by atoms with Crippen molar-refractivity contribution >= 4 is 40.8 Å². The van der Waals surface area contributed by atoms with Crippen molar-refractivity contribution in [3.05, 3.63) is 52.1 Å². The van der Waals surface area contributed by atoms with Crippen molar-refractivity contribution in [3.63, 3.8) is 0 Å². The molecule has 8 atom stereocenters. The van der Waals surface area contributed by atoms with Crippen LogP contribution < -0.4 is 0 Å². The number of fused-ring (bicyclic) bond motifs is 7. The fraction of sp³-hybridized carbons (Fsp3) is 0.702. The van der Waals surface area contributed by atoms with E-state index in [4.69, 9.17) is 26.1 Å². The van der Waals surface area contributed by atoms with Crippen LogP contribution in [0.15, 0.2) is 46.5 Å². The highest BCUT2D eigenvalue weighted by Crippen LogP contribution is 2.77. The second-order valence-corrected chi connectivity index (χ2v) is 20.9. The monoisotopic (exact) mass is 773 g/mol. The SMILES string of the molecule is CC(C)C1=C2[C@H]3CC[C@@H]4C5(C)CC[C@H](OCCC(=O)CC(C)(C)C(=O)O)C(C)(C)[C@@H]5CC[C@@]4(C)[C@]3(C)CC[C@@]2(C2=NCC=C(c3cccc(Cl)c3)O2)CC1=O. The molecular formula is C47H64ClNO6. The maximum absolute atomic E-state index is 14.3. The molecule has 0 spiro atoms. The quantitative estimate of drug-likeness (QED) is 0.254. The number of rotatable bonds is 10. The molecule has 0 amide bonds. The van der Waals surface area contributed by atoms with E-state index in [1.807, 2.05) is 30.3 Å². The summed E-state index contributed by atoms with van der Waals surface area (Å²) in [4.78, 5) is 43.6. The highest BCUT2D eigenvalue weighted by Gasteiger charge is 2.71. The summed E-state index contributed by atoms with van der Waals surface area (Å²) in [6.07, 6.45) is 11.2. The van der Waals surface area contributed by atoms with Crippen molar-refractivity contribution in [2.75, 3.05) is 13.2 Å². The molecule has 6 aliphatic rings. The minimum Gasteiger partial charge on any atom is -0.481 e. The summed E-state index contributed by atoms with van der Waals surface area (Å²) in [6, 6.07) is 7.79. The zero-order chi connectivity index (χ0) is 39.9. The molecule has 300 valence electrons. The molecule has 1 aromatic carbocycles. The lowest BCUT2D eigenvalue weighted by atomic mass is 9.33. The van der Waals surface area contributed by atoms with Crippen molar-refractivity contribution in [1.82, 2.24) is 0 Å². The number of hydrogen-bond acceptors (Lipinski definition) is 6. The van der Waals surface area contributed by atoms with E-state index in [2.05, 4.69) is 48.5 Å². The molecule has 1 N–H and O–H groups in total. The summed E-state index contributed by atoms with van der Waals surface area (Å²) in [5.74, 6) is 2.23. The lowest BCUT2D eigenvalue weighted by molar-refractivity contribution is -0.233. The first-order chi connectivity index (χ1) is 25.7. The Balaban J connectivity index is 1.14. The number of aliphatic carboxylic acids is 1. The third kappa shape index (κ3) is 6.31. The van der Waals surface area contributed by atoms with Crippen LogP contribution in [0.3, 0.4) is 0 Å². The Morgan fingerprint density at radius 1 is 1.00 bits per heavy atom. The van der Waals surface area contributed by atoms with Crippen molar-refractivity contribution in [2.45, 2.75) is 139 Å². The molecule has 8 heteroatoms. The number of carbonyl (C=O) groups excluding carboxylic acids is 2. The third-order valence-electron chi connectivity index (χ3n) is 16.5. The normalized spacial score (nSPS) is 36.9. The molecule has 0 saturated heterocycles. The van der Waals surface area contributed by atoms with E-state index in [9.17, 15) is 19.5 Å². The molecular weight excluding hydrogens is 710 g/mol. The Hall–Kier alpha value is -2.77. The Labute approximate surface area is 334 Å². The number of ether oxygens (including phenoxy) is 2. The second-order valence-electron chi connectivity index (χ2n) is 20.5. The molecule has 1 unspecified atom stereocenters. The number of allylic oxidation sites excluding steroid dienone is 1. The van der Waals surface area contributed by atoms with Crippen molar-refractivity contribution in [2.24, 2.45) is 61.2 Å². The molecule has 0 radical (unpaired) electrons. The number of ketones is 2. The number of benzene rings is 1. The van der Waals surface area contributed by atoms with Gasteiger partial charge in [0.05, 0.1) is 30.1 Å². The van der Waals surface area contributed by atoms with Crippen molar-refractivity contribution in [3.8, 4) is 0 Å². The number of carbonyl (C=O) groups is 3. The molecule has 7 rings (SSSR count). The standard InChI is InChI=1S/C47H64ClNO6/c1-28(2)38-33(51)27-47(40-49-23-17-34(55-40)29-11-10-12-30(48)25-29)22-21-45(8)32(39(38)47)13-14-36-44(7)19-16-37(43(5,6)35(44)15-20-46(36,45)9)54-24-18-31(50)26-42(3,4)41(52)53/h10-12,17,25,28,32,35-37H,13-16,18-24,26-27H2,1-9H3,(H,52,53)/t32-,35+,36-,37+,44?,45-,46-,47-/m1/s1. The minimum absolute atomic E-state index is 0.0214. The van der Waals surface area contributed by atoms with E-state index < -0.39 is 16.8 Å². The van der Waals surface area contributed by atoms with Gasteiger partial charge in [-0.3, -0.25) is 19.4 Å². The van der Waals surface area contributed by atoms with E-state index in [1.54, 1.807) is 13.8 Å². The molecule has 1 heterocycles. The van der Waals surface area contributed by atoms with E-state index in [-0.39, 0.29) is 64.0 Å². The molecule has 5 aliphatic carbocycles. The number of halogens is 1. The maximum atomic E-state index is 14.3. The topological polar surface area (TPSA) is 102 Å². The van der Waals surface area contributed by atoms with Gasteiger partial charge in [0.2, 0.25) is 5.90 Å². The molecule has 4 fully saturated rings. The molecule has 55 heavy (non-hydrogen) atoms. The first-order valence-corrected chi connectivity index (χ1v) is 21.4. The van der Waals surface area contributed by atoms with Gasteiger partial charge in [0.15, 0.2) is 5.78 Å². The zero-order valence-electron chi connectivity index (χ0n) is 34.8. The van der Waals surface area contributed by atoms with Gasteiger partial charge >= 0.3 is 5.97 Å². The smallest absolute Gasteiger partial charge is 0.309 e. The predicted octanol–water partition coefficient (Wildman–Crippen LogP) is 10.9. The fourth-order valence-electron chi connectivity index (χ4n) is 13.6. The number of nitrogens with zero attached hydrogens (tertiary/aromatic N) is 1. The number of carboxylic acid groups (broad SMARTS) is 1. The van der Waals surface area contributed by atoms with Gasteiger partial charge < -0.3 is 14.6 Å². The second kappa shape index (κ2) is 14.0. The van der Waals surface area contributed by atoms with Crippen LogP contribution in [0.5, 0.6) is 0 Å². The number of Topliss-reactive ketones (excluding diaryl/α,β-unsaturated/α-hetero) is 2. The first kappa shape index (κ1) is 40.4. The summed E-state index contributed by atoms with van der Waals surface area (Å²) in [6.45, 7) is 21.0. The highest BCUT2D eigenvalue weighted by atomic mass is 35.5. The number of aliphatic imine (C=N–C) groups is 1. The van der Waals surface area contributed by atoms with Gasteiger partial charge in [-0.2, -0.15) is 0 Å². The molecule has 7 nitrogen and oxygen atoms in total. The molecule has 1 aromatic rings. The molecule has 0 aromatic heterocycles. The Morgan fingerprint density at radius 2 is 1.75 bits per heavy atom. The minimum atomic E-state index is -1.07. The van der Waals surface area contributed by atoms with Gasteiger partial charge in [-0.1, -0.05) is 72.2 Å². The summed E-state index contributed by atoms with van der Waals surface area (Å²) in [5, 5.41) is 10.2. The molecule has 1 aliphatic heterocycles. The Morgan fingerprint density at radius 3 is 2.44 bits per heavy atom. The highest BCUT2D eigenvalue weighted by molar-refractivity contribution is 6.30. The van der Waals surface area contributed by atoms with Gasteiger partial charge in [0.25, 0.3) is 0 Å². The lowest BCUT2D eigenvalue weighted by Crippen LogP contribution is -2.66. The van der Waals surface area contributed by atoms with Crippen LogP contribution in [0.2, 0.25) is 5.02 Å². The van der Waals surface area contributed by atoms with Gasteiger partial charge in [-0.25, -0.2) is 0 Å². The van der Waals surface area contributed by atoms with Crippen LogP contribution in [-0.2, 0) is 23.9 Å². The summed E-state index contributed by atoms with van der Waals surface area (Å²) in [5.41, 5.74) is 1.95. The van der Waals surface area contributed by atoms with E-state index in [0.29, 0.717) is 36.4 Å². The van der Waals surface area contributed by atoms with E-state index in [0.717, 1.165) is 74.2 Å². The fourth-order valence-corrected chi connectivity index (χ4v) is 13.8. The maximum Gasteiger partial charge on any atom is 0.309 e. The molecule has 4 saturated carbocycles. The Kier molecular flexibility index (Phi) is 10.3. The molecule has 0 bridgehead atoms. The van der Waals surface area contributed by atoms with Crippen LogP contribution in [0, 0.1) is 56.2 Å². The van der Waals surface area contributed by atoms with Crippen LogP contribution in [-0.4, -0.2) is 47.8 Å². The van der Waals surface area contributed by atoms with Crippen LogP contribution in [0.1, 0.15) is 139 Å². The van der Waals surface area contributed by atoms with Gasteiger partial charge in [0, 0.05) is 29.8 Å². The van der Waals surface area contributed by atoms with Crippen molar-refractivity contribution < 1.29 is 29.0 Å². The largest absolute Gasteiger partial charge is 0.481 e. The Bertz CT molecular complexity index is 1860. The summed E-state index contributed by atoms with van der Waals surface area (Å²) in [7, 11) is 0. The van der Waals surface area contributed by atoms with Crippen LogP contribution >= 0.6 is 11.6 Å². The zero-order valence-corrected chi connectivity index (χ0v) is 35.5. The third-order valence-corrected chi connectivity index (χ3v) is 16.8. The summed E-state index contributed by atoms with van der Waals surface area (Å²) < 4.78 is 13.4. The number of hydrogen-bond donors (Lipinski definition) is 1. The van der Waals surface area contributed by atoms with Crippen molar-refractivity contribution in [1.29, 1.82) is 0 Å². The lowest BCUT2D eigenvalue weighted by Gasteiger charge is -2.72. The van der Waals surface area contributed by atoms with E-state index in [1.165, 1.54) is 5.57 Å². The van der Waals surface area contributed by atoms with Crippen LogP contribution in [0.4, 0.5) is 0 Å². The van der Waals surface area contributed by atoms with Gasteiger partial charge in [-0.15, -0.1) is 0 Å². The van der Waals surface area contributed by atoms with Crippen LogP contribution in [0.25, 0.3) is 5.76 Å². The first-order valence-electron chi connectivity index (χ1n) is 21.0. The average molecular weight is 774 g/mol. The van der Waals surface area contributed by atoms with E-state index >= 15 is 0 Å².